The van der Waals surface area contributed by atoms with E-state index in [9.17, 15) is 14.4 Å². The van der Waals surface area contributed by atoms with Crippen LogP contribution in [-0.4, -0.2) is 37.2 Å². The number of nitrogens with zero attached hydrogens (tertiary/aromatic N) is 1. The van der Waals surface area contributed by atoms with Crippen LogP contribution in [0.25, 0.3) is 0 Å². The van der Waals surface area contributed by atoms with E-state index in [1.807, 2.05) is 0 Å². The number of hydrogen-bond donors (Lipinski definition) is 1. The first-order chi connectivity index (χ1) is 14.7. The highest BCUT2D eigenvalue weighted by molar-refractivity contribution is 6.16. The van der Waals surface area contributed by atoms with E-state index in [1.54, 1.807) is 56.0 Å². The summed E-state index contributed by atoms with van der Waals surface area (Å²) in [5, 5.41) is 0. The molecular formula is C23H26N2O6. The molecule has 2 N–H and O–H groups in total. The van der Waals surface area contributed by atoms with Gasteiger partial charge >= 0.3 is 17.9 Å². The number of nitrogens with two attached hydrogens (primary N) is 1. The van der Waals surface area contributed by atoms with Gasteiger partial charge in [-0.2, -0.15) is 0 Å². The Morgan fingerprint density at radius 3 is 2.55 bits per heavy atom. The van der Waals surface area contributed by atoms with Gasteiger partial charge in [-0.05, 0) is 33.8 Å². The van der Waals surface area contributed by atoms with Gasteiger partial charge in [0.25, 0.3) is 0 Å². The van der Waals surface area contributed by atoms with E-state index in [0.717, 1.165) is 0 Å². The number of anilines is 1. The van der Waals surface area contributed by atoms with Crippen molar-refractivity contribution < 1.29 is 28.6 Å². The topological polar surface area (TPSA) is 108 Å². The zero-order valence-electron chi connectivity index (χ0n) is 18.1. The Bertz CT molecular complexity index is 1020. The minimum atomic E-state index is -1.90. The van der Waals surface area contributed by atoms with Crippen LogP contribution in [0.15, 0.2) is 59.6 Å². The van der Waals surface area contributed by atoms with E-state index in [2.05, 4.69) is 6.58 Å². The van der Waals surface area contributed by atoms with Gasteiger partial charge in [-0.3, -0.25) is 0 Å². The molecule has 0 unspecified atom stereocenters. The van der Waals surface area contributed by atoms with Crippen LogP contribution < -0.4 is 10.6 Å². The number of para-hydroxylation sites is 1. The molecule has 1 aromatic rings. The second-order valence-corrected chi connectivity index (χ2v) is 7.42. The maximum absolute atomic E-state index is 13.4. The molecule has 31 heavy (non-hydrogen) atoms. The predicted octanol–water partition coefficient (Wildman–Crippen LogP) is 2.45. The lowest BCUT2D eigenvalue weighted by atomic mass is 9.66. The fourth-order valence-corrected chi connectivity index (χ4v) is 4.08. The summed E-state index contributed by atoms with van der Waals surface area (Å²) in [5.74, 6) is -2.35. The summed E-state index contributed by atoms with van der Waals surface area (Å²) in [7, 11) is 0. The molecule has 2 heterocycles. The third-order valence-electron chi connectivity index (χ3n) is 5.14. The molecule has 3 rings (SSSR count). The number of carbonyl (C=O) groups is 3. The summed E-state index contributed by atoms with van der Waals surface area (Å²) in [6.07, 6.45) is 1.16. The maximum atomic E-state index is 13.4. The van der Waals surface area contributed by atoms with Gasteiger partial charge in [-0.1, -0.05) is 24.3 Å². The first-order valence-electron chi connectivity index (χ1n) is 10.0. The summed E-state index contributed by atoms with van der Waals surface area (Å²) in [5.41, 5.74) is 5.23. The fraction of sp³-hybridized carbons (Fsp3) is 0.348. The lowest BCUT2D eigenvalue weighted by Gasteiger charge is -2.41. The van der Waals surface area contributed by atoms with Crippen LogP contribution in [0, 0.1) is 0 Å². The highest BCUT2D eigenvalue weighted by atomic mass is 16.6. The highest BCUT2D eigenvalue weighted by Crippen LogP contribution is 2.54. The van der Waals surface area contributed by atoms with E-state index >= 15 is 0 Å². The van der Waals surface area contributed by atoms with Crippen molar-refractivity contribution in [1.82, 2.24) is 0 Å². The first kappa shape index (κ1) is 22.1. The molecule has 0 bridgehead atoms. The molecule has 0 aliphatic carbocycles. The van der Waals surface area contributed by atoms with Crippen molar-refractivity contribution in [2.75, 3.05) is 18.1 Å². The lowest BCUT2D eigenvalue weighted by Crippen LogP contribution is -2.50. The summed E-state index contributed by atoms with van der Waals surface area (Å²) in [6.45, 7) is 10.6. The van der Waals surface area contributed by atoms with Crippen molar-refractivity contribution >= 4 is 23.6 Å². The van der Waals surface area contributed by atoms with Crippen LogP contribution in [0.3, 0.4) is 0 Å². The Hall–Kier alpha value is -3.55. The van der Waals surface area contributed by atoms with Gasteiger partial charge < -0.3 is 24.8 Å². The fourth-order valence-electron chi connectivity index (χ4n) is 4.08. The molecule has 8 heteroatoms. The van der Waals surface area contributed by atoms with Crippen LogP contribution >= 0.6 is 0 Å². The highest BCUT2D eigenvalue weighted by Gasteiger charge is 2.63. The number of rotatable bonds is 6. The third kappa shape index (κ3) is 3.28. The number of esters is 3. The largest absolute Gasteiger partial charge is 0.462 e. The third-order valence-corrected chi connectivity index (χ3v) is 5.14. The Balaban J connectivity index is 2.43. The van der Waals surface area contributed by atoms with Gasteiger partial charge in [0.05, 0.1) is 12.7 Å². The predicted molar refractivity (Wildman–Crippen MR) is 114 cm³/mol. The average Bonchev–Trinajstić information content (AvgIpc) is 2.95. The van der Waals surface area contributed by atoms with Gasteiger partial charge in [0.2, 0.25) is 0 Å². The second-order valence-electron chi connectivity index (χ2n) is 7.42. The van der Waals surface area contributed by atoms with Crippen molar-refractivity contribution in [2.24, 2.45) is 5.73 Å². The monoisotopic (exact) mass is 426 g/mol. The summed E-state index contributed by atoms with van der Waals surface area (Å²) >= 11 is 0. The minimum Gasteiger partial charge on any atom is -0.462 e. The zero-order valence-corrected chi connectivity index (χ0v) is 18.1. The smallest absolute Gasteiger partial charge is 0.339 e. The molecule has 0 radical (unpaired) electrons. The molecule has 2 aliphatic rings. The van der Waals surface area contributed by atoms with Crippen LogP contribution in [0.2, 0.25) is 0 Å². The van der Waals surface area contributed by atoms with Crippen molar-refractivity contribution in [3.8, 4) is 0 Å². The van der Waals surface area contributed by atoms with Crippen molar-refractivity contribution in [2.45, 2.75) is 39.2 Å². The molecule has 0 aromatic heterocycles. The molecule has 1 aromatic carbocycles. The molecule has 8 nitrogen and oxygen atoms in total. The molecule has 0 saturated carbocycles. The number of carbonyl (C=O) groups excluding carboxylic acids is 3. The summed E-state index contributed by atoms with van der Waals surface area (Å²) in [6, 6.07) is 6.90. The summed E-state index contributed by atoms with van der Waals surface area (Å²) < 4.78 is 16.1. The molecule has 164 valence electrons. The molecule has 2 aliphatic heterocycles. The van der Waals surface area contributed by atoms with Crippen molar-refractivity contribution in [3.63, 3.8) is 0 Å². The average molecular weight is 426 g/mol. The first-order valence-corrected chi connectivity index (χ1v) is 10.0. The van der Waals surface area contributed by atoms with Gasteiger partial charge in [0.1, 0.15) is 22.7 Å². The van der Waals surface area contributed by atoms with Crippen LogP contribution in [0.4, 0.5) is 5.69 Å². The normalized spacial score (nSPS) is 20.2. The van der Waals surface area contributed by atoms with Crippen LogP contribution in [0.5, 0.6) is 0 Å². The van der Waals surface area contributed by atoms with Crippen molar-refractivity contribution in [1.29, 1.82) is 0 Å². The number of fused-ring (bicyclic) bond motifs is 2. The second kappa shape index (κ2) is 8.29. The Kier molecular flexibility index (Phi) is 5.92. The number of cyclic esters (lactones) is 1. The lowest BCUT2D eigenvalue weighted by molar-refractivity contribution is -0.148. The molecule has 0 amide bonds. The molecular weight excluding hydrogens is 400 g/mol. The molecule has 0 fully saturated rings. The van der Waals surface area contributed by atoms with Gasteiger partial charge in [-0.15, -0.1) is 6.58 Å². The maximum Gasteiger partial charge on any atom is 0.339 e. The van der Waals surface area contributed by atoms with E-state index in [-0.39, 0.29) is 35.9 Å². The van der Waals surface area contributed by atoms with Crippen LogP contribution in [-0.2, 0) is 34.0 Å². The minimum absolute atomic E-state index is 0.0152. The Morgan fingerprint density at radius 1 is 1.26 bits per heavy atom. The van der Waals surface area contributed by atoms with E-state index in [0.29, 0.717) is 11.3 Å². The van der Waals surface area contributed by atoms with Gasteiger partial charge in [0, 0.05) is 17.8 Å². The van der Waals surface area contributed by atoms with E-state index in [4.69, 9.17) is 19.9 Å². The van der Waals surface area contributed by atoms with Crippen LogP contribution in [0.1, 0.15) is 33.3 Å². The molecule has 0 saturated heterocycles. The number of hydrogen-bond acceptors (Lipinski definition) is 8. The standard InChI is InChI=1S/C23H26N2O6/c1-6-12-25-16-11-9-8-10-15(16)23(18(19(25)24)20(26)29-7-2)17(14(5)31-22(23)28)21(27)30-13(3)4/h6,8-11,13H,1,7,12,24H2,2-5H3/t23-/m1/s1. The van der Waals surface area contributed by atoms with Gasteiger partial charge in [0.15, 0.2) is 5.41 Å². The number of ether oxygens (including phenoxy) is 3. The summed E-state index contributed by atoms with van der Waals surface area (Å²) in [4.78, 5) is 41.4. The van der Waals surface area contributed by atoms with Crippen molar-refractivity contribution in [3.05, 3.63) is 65.2 Å². The van der Waals surface area contributed by atoms with E-state index in [1.165, 1.54) is 6.92 Å². The quantitative estimate of drug-likeness (QED) is 0.420. The van der Waals surface area contributed by atoms with E-state index < -0.39 is 29.4 Å². The molecule has 1 atom stereocenters. The van der Waals surface area contributed by atoms with Gasteiger partial charge in [-0.25, -0.2) is 14.4 Å². The number of benzene rings is 1. The zero-order chi connectivity index (χ0) is 22.9. The molecule has 1 spiro atoms. The Morgan fingerprint density at radius 2 is 1.94 bits per heavy atom. The SMILES string of the molecule is C=CCN1C(N)=C(C(=O)OCC)[C@@]2(C(=O)OC(C)=C2C(=O)OC(C)C)c2ccccc21. The Labute approximate surface area is 180 Å². The number of allylic oxidation sites excluding steroid dienone is 1.